The minimum atomic E-state index is -0.301. The molecule has 1 N–H and O–H groups in total. The highest BCUT2D eigenvalue weighted by Gasteiger charge is 2.33. The van der Waals surface area contributed by atoms with Crippen LogP contribution in [-0.2, 0) is 19.4 Å². The van der Waals surface area contributed by atoms with E-state index in [4.69, 9.17) is 4.98 Å². The number of amides is 1. The van der Waals surface area contributed by atoms with Crippen molar-refractivity contribution in [3.63, 3.8) is 0 Å². The van der Waals surface area contributed by atoms with E-state index in [1.807, 2.05) is 65.9 Å². The van der Waals surface area contributed by atoms with Gasteiger partial charge in [0.2, 0.25) is 0 Å². The summed E-state index contributed by atoms with van der Waals surface area (Å²) >= 11 is 0. The average Bonchev–Trinajstić information content (AvgIpc) is 2.90. The number of nitrogens with zero attached hydrogens (tertiary/aromatic N) is 3. The molecule has 0 bridgehead atoms. The summed E-state index contributed by atoms with van der Waals surface area (Å²) in [7, 11) is 1.93. The molecule has 0 saturated heterocycles. The van der Waals surface area contributed by atoms with Crippen LogP contribution in [0.3, 0.4) is 0 Å². The smallest absolute Gasteiger partial charge is 0.257 e. The molecule has 2 heterocycles. The highest BCUT2D eigenvalue weighted by Crippen LogP contribution is 2.32. The number of benzene rings is 2. The number of rotatable bonds is 10. The van der Waals surface area contributed by atoms with Crippen molar-refractivity contribution in [2.75, 3.05) is 20.1 Å². The Morgan fingerprint density at radius 2 is 1.81 bits per heavy atom. The number of carbonyl (C=O) groups excluding carboxylic acids is 1. The van der Waals surface area contributed by atoms with Crippen LogP contribution in [0.1, 0.15) is 77.7 Å². The van der Waals surface area contributed by atoms with Crippen LogP contribution in [0.5, 0.6) is 0 Å². The van der Waals surface area contributed by atoms with Crippen molar-refractivity contribution in [3.05, 3.63) is 98.7 Å². The lowest BCUT2D eigenvalue weighted by Crippen LogP contribution is -2.42. The van der Waals surface area contributed by atoms with E-state index < -0.39 is 0 Å². The number of fused-ring (bicyclic) bond motifs is 1. The summed E-state index contributed by atoms with van der Waals surface area (Å²) in [6.07, 6.45) is 4.15. The predicted molar refractivity (Wildman–Crippen MR) is 149 cm³/mol. The van der Waals surface area contributed by atoms with Crippen molar-refractivity contribution < 1.29 is 4.79 Å². The predicted octanol–water partition coefficient (Wildman–Crippen LogP) is 4.93. The second-order valence-corrected chi connectivity index (χ2v) is 10.5. The molecule has 196 valence electrons. The highest BCUT2D eigenvalue weighted by atomic mass is 16.2. The lowest BCUT2D eigenvalue weighted by molar-refractivity contribution is 0.0612. The molecular formula is C31H40N4O2. The third kappa shape index (κ3) is 6.19. The Morgan fingerprint density at radius 1 is 1.08 bits per heavy atom. The van der Waals surface area contributed by atoms with Crippen LogP contribution < -0.4 is 10.9 Å². The second kappa shape index (κ2) is 12.3. The van der Waals surface area contributed by atoms with Gasteiger partial charge in [-0.25, -0.2) is 4.98 Å². The molecule has 1 aliphatic heterocycles. The molecule has 0 fully saturated rings. The maximum Gasteiger partial charge on any atom is 0.257 e. The van der Waals surface area contributed by atoms with Gasteiger partial charge in [-0.05, 0) is 63.4 Å². The van der Waals surface area contributed by atoms with Crippen molar-refractivity contribution in [3.8, 4) is 0 Å². The fraction of sp³-hybridized carbons (Fsp3) is 0.452. The number of hydrogen-bond donors (Lipinski definition) is 1. The molecule has 1 amide bonds. The van der Waals surface area contributed by atoms with E-state index in [1.54, 1.807) is 0 Å². The lowest BCUT2D eigenvalue weighted by atomic mass is 9.91. The SMILES string of the molecule is CNCCCN(C(=O)c1ccc(C)cc1)C(c1nc2n(c(=O)c1Cc1ccccc1)CCCC2)C(C)C. The van der Waals surface area contributed by atoms with Crippen molar-refractivity contribution in [2.24, 2.45) is 5.92 Å². The van der Waals surface area contributed by atoms with Crippen LogP contribution in [0, 0.1) is 12.8 Å². The molecule has 0 radical (unpaired) electrons. The molecule has 0 spiro atoms. The van der Waals surface area contributed by atoms with Crippen LogP contribution >= 0.6 is 0 Å². The first-order valence-electron chi connectivity index (χ1n) is 13.6. The molecule has 0 aliphatic carbocycles. The molecule has 3 aromatic rings. The first-order chi connectivity index (χ1) is 17.9. The van der Waals surface area contributed by atoms with Crippen LogP contribution in [0.15, 0.2) is 59.4 Å². The summed E-state index contributed by atoms with van der Waals surface area (Å²) in [5.41, 5.74) is 4.39. The van der Waals surface area contributed by atoms with Crippen molar-refractivity contribution >= 4 is 5.91 Å². The fourth-order valence-electron chi connectivity index (χ4n) is 5.32. The third-order valence-corrected chi connectivity index (χ3v) is 7.26. The van der Waals surface area contributed by atoms with Crippen LogP contribution in [0.25, 0.3) is 0 Å². The van der Waals surface area contributed by atoms with Gasteiger partial charge in [0.1, 0.15) is 5.82 Å². The quantitative estimate of drug-likeness (QED) is 0.401. The molecule has 6 nitrogen and oxygen atoms in total. The Labute approximate surface area is 220 Å². The van der Waals surface area contributed by atoms with Gasteiger partial charge in [0, 0.05) is 37.1 Å². The van der Waals surface area contributed by atoms with Crippen molar-refractivity contribution in [1.82, 2.24) is 19.8 Å². The molecule has 37 heavy (non-hydrogen) atoms. The van der Waals surface area contributed by atoms with Gasteiger partial charge < -0.3 is 10.2 Å². The van der Waals surface area contributed by atoms with E-state index in [-0.39, 0.29) is 23.4 Å². The molecule has 1 unspecified atom stereocenters. The van der Waals surface area contributed by atoms with Gasteiger partial charge in [0.15, 0.2) is 0 Å². The second-order valence-electron chi connectivity index (χ2n) is 10.5. The number of nitrogens with one attached hydrogen (secondary N) is 1. The standard InChI is InChI=1S/C31H40N4O2/c1-22(2)29(35(20-10-18-32-4)30(36)25-16-14-23(3)15-17-25)28-26(21-24-11-6-5-7-12-24)31(37)34-19-9-8-13-27(34)33-28/h5-7,11-12,14-17,22,29,32H,8-10,13,18-21H2,1-4H3. The minimum Gasteiger partial charge on any atom is -0.330 e. The minimum absolute atomic E-state index is 0.0138. The maximum atomic E-state index is 14.0. The van der Waals surface area contributed by atoms with Gasteiger partial charge in [-0.15, -0.1) is 0 Å². The molecule has 6 heteroatoms. The number of aryl methyl sites for hydroxylation is 2. The fourth-order valence-corrected chi connectivity index (χ4v) is 5.32. The summed E-state index contributed by atoms with van der Waals surface area (Å²) in [5.74, 6) is 0.920. The number of hydrogen-bond acceptors (Lipinski definition) is 4. The zero-order valence-electron chi connectivity index (χ0n) is 22.7. The van der Waals surface area contributed by atoms with E-state index in [9.17, 15) is 9.59 Å². The van der Waals surface area contributed by atoms with E-state index in [0.717, 1.165) is 54.9 Å². The molecule has 0 saturated carbocycles. The largest absolute Gasteiger partial charge is 0.330 e. The highest BCUT2D eigenvalue weighted by molar-refractivity contribution is 5.94. The van der Waals surface area contributed by atoms with Gasteiger partial charge in [0.25, 0.3) is 11.5 Å². The molecule has 1 aliphatic rings. The summed E-state index contributed by atoms with van der Waals surface area (Å²) in [5, 5.41) is 3.20. The lowest BCUT2D eigenvalue weighted by Gasteiger charge is -2.36. The molecular weight excluding hydrogens is 460 g/mol. The monoisotopic (exact) mass is 500 g/mol. The summed E-state index contributed by atoms with van der Waals surface area (Å²) in [6, 6.07) is 17.6. The summed E-state index contributed by atoms with van der Waals surface area (Å²) < 4.78 is 1.87. The Bertz CT molecular complexity index is 1250. The van der Waals surface area contributed by atoms with Crippen LogP contribution in [-0.4, -0.2) is 40.5 Å². The molecule has 1 atom stereocenters. The third-order valence-electron chi connectivity index (χ3n) is 7.26. The Balaban J connectivity index is 1.86. The Hall–Kier alpha value is -3.25. The molecule has 1 aromatic heterocycles. The average molecular weight is 501 g/mol. The zero-order valence-corrected chi connectivity index (χ0v) is 22.7. The maximum absolute atomic E-state index is 14.0. The normalized spacial score (nSPS) is 13.9. The number of aromatic nitrogens is 2. The van der Waals surface area contributed by atoms with Crippen LogP contribution in [0.2, 0.25) is 0 Å². The Kier molecular flexibility index (Phi) is 8.93. The number of carbonyl (C=O) groups is 1. The first-order valence-corrected chi connectivity index (χ1v) is 13.6. The van der Waals surface area contributed by atoms with E-state index in [2.05, 4.69) is 31.3 Å². The van der Waals surface area contributed by atoms with Crippen molar-refractivity contribution in [1.29, 1.82) is 0 Å². The van der Waals surface area contributed by atoms with Gasteiger partial charge in [0.05, 0.1) is 11.7 Å². The Morgan fingerprint density at radius 3 is 2.49 bits per heavy atom. The van der Waals surface area contributed by atoms with E-state index >= 15 is 0 Å². The van der Waals surface area contributed by atoms with Gasteiger partial charge in [-0.3, -0.25) is 14.2 Å². The molecule has 2 aromatic carbocycles. The zero-order chi connectivity index (χ0) is 26.4. The summed E-state index contributed by atoms with van der Waals surface area (Å²) in [6.45, 7) is 8.38. The van der Waals surface area contributed by atoms with Gasteiger partial charge in [-0.1, -0.05) is 61.9 Å². The van der Waals surface area contributed by atoms with Gasteiger partial charge >= 0.3 is 0 Å². The van der Waals surface area contributed by atoms with Crippen molar-refractivity contribution in [2.45, 2.75) is 65.5 Å². The first kappa shape index (κ1) is 26.8. The van der Waals surface area contributed by atoms with Crippen LogP contribution in [0.4, 0.5) is 0 Å². The van der Waals surface area contributed by atoms with Gasteiger partial charge in [-0.2, -0.15) is 0 Å². The topological polar surface area (TPSA) is 67.2 Å². The summed E-state index contributed by atoms with van der Waals surface area (Å²) in [4.78, 5) is 35.1. The molecule has 4 rings (SSSR count). The van der Waals surface area contributed by atoms with E-state index in [0.29, 0.717) is 30.6 Å². The van der Waals surface area contributed by atoms with E-state index in [1.165, 1.54) is 0 Å².